The van der Waals surface area contributed by atoms with Gasteiger partial charge in [-0.25, -0.2) is 4.39 Å². The first-order valence-corrected chi connectivity index (χ1v) is 9.65. The lowest BCUT2D eigenvalue weighted by Crippen LogP contribution is -2.03. The minimum absolute atomic E-state index is 0.0701. The molecule has 0 bridgehead atoms. The zero-order valence-electron chi connectivity index (χ0n) is 16.1. The van der Waals surface area contributed by atoms with E-state index in [1.165, 1.54) is 49.8 Å². The van der Waals surface area contributed by atoms with Gasteiger partial charge in [0.15, 0.2) is 11.6 Å². The lowest BCUT2D eigenvalue weighted by Gasteiger charge is -2.08. The third kappa shape index (κ3) is 7.75. The monoisotopic (exact) mass is 394 g/mol. The molecule has 1 nitrogen and oxygen atoms in total. The average molecular weight is 394 g/mol. The summed E-state index contributed by atoms with van der Waals surface area (Å²) < 4.78 is 55.3. The normalized spacial score (nSPS) is 11.9. The van der Waals surface area contributed by atoms with Crippen LogP contribution in [0, 0.1) is 5.82 Å². The summed E-state index contributed by atoms with van der Waals surface area (Å²) in [7, 11) is 0. The molecule has 0 saturated carbocycles. The Hall–Kier alpha value is -2.30. The summed E-state index contributed by atoms with van der Waals surface area (Å²) in [6, 6.07) is 12.5. The molecule has 0 N–H and O–H groups in total. The number of halogens is 4. The number of allylic oxidation sites excluding steroid dienone is 1. The Bertz CT molecular complexity index is 748. The Morgan fingerprint density at radius 1 is 0.893 bits per heavy atom. The van der Waals surface area contributed by atoms with Crippen LogP contribution >= 0.6 is 0 Å². The van der Waals surface area contributed by atoms with Crippen molar-refractivity contribution in [2.24, 2.45) is 0 Å². The second-order valence-corrected chi connectivity index (χ2v) is 6.76. The maximum absolute atomic E-state index is 14.2. The molecule has 0 atom stereocenters. The molecule has 152 valence electrons. The van der Waals surface area contributed by atoms with Crippen molar-refractivity contribution in [3.05, 3.63) is 66.0 Å². The molecule has 0 radical (unpaired) electrons. The smallest absolute Gasteiger partial charge is 0.409 e. The quantitative estimate of drug-likeness (QED) is 0.230. The van der Waals surface area contributed by atoms with E-state index in [0.29, 0.717) is 5.56 Å². The van der Waals surface area contributed by atoms with E-state index >= 15 is 0 Å². The number of unbranched alkanes of at least 4 members (excludes halogenated alkanes) is 4. The molecule has 0 spiro atoms. The summed E-state index contributed by atoms with van der Waals surface area (Å²) in [6.45, 7) is 1.86. The summed E-state index contributed by atoms with van der Waals surface area (Å²) in [5.74, 6) is -0.669. The van der Waals surface area contributed by atoms with Gasteiger partial charge in [-0.15, -0.1) is 0 Å². The summed E-state index contributed by atoms with van der Waals surface area (Å²) in [5.41, 5.74) is 2.85. The predicted octanol–water partition coefficient (Wildman–Crippen LogP) is 7.50. The van der Waals surface area contributed by atoms with Crippen molar-refractivity contribution >= 4 is 0 Å². The molecule has 0 heterocycles. The SMILES string of the molecule is CCCCCCCc1ccc(-c2ccc(OC/C=C/C(F)(F)F)c(F)c2)cc1. The van der Waals surface area contributed by atoms with Crippen LogP contribution in [0.1, 0.15) is 44.6 Å². The van der Waals surface area contributed by atoms with E-state index in [2.05, 4.69) is 19.1 Å². The number of aryl methyl sites for hydroxylation is 1. The van der Waals surface area contributed by atoms with Crippen LogP contribution in [0.3, 0.4) is 0 Å². The van der Waals surface area contributed by atoms with Gasteiger partial charge in [-0.2, -0.15) is 13.2 Å². The van der Waals surface area contributed by atoms with Crippen LogP contribution in [0.15, 0.2) is 54.6 Å². The molecular formula is C23H26F4O. The van der Waals surface area contributed by atoms with E-state index in [-0.39, 0.29) is 18.4 Å². The highest BCUT2D eigenvalue weighted by atomic mass is 19.4. The molecule has 2 rings (SSSR count). The van der Waals surface area contributed by atoms with Crippen molar-refractivity contribution < 1.29 is 22.3 Å². The minimum Gasteiger partial charge on any atom is -0.486 e. The Labute approximate surface area is 164 Å². The van der Waals surface area contributed by atoms with Crippen LogP contribution in [0.4, 0.5) is 17.6 Å². The van der Waals surface area contributed by atoms with Gasteiger partial charge in [-0.3, -0.25) is 0 Å². The highest BCUT2D eigenvalue weighted by Crippen LogP contribution is 2.26. The molecule has 0 aliphatic heterocycles. The molecule has 28 heavy (non-hydrogen) atoms. The molecule has 2 aromatic rings. The van der Waals surface area contributed by atoms with Gasteiger partial charge < -0.3 is 4.74 Å². The van der Waals surface area contributed by atoms with Crippen molar-refractivity contribution in [2.45, 2.75) is 51.6 Å². The summed E-state index contributed by atoms with van der Waals surface area (Å²) in [4.78, 5) is 0. The number of hydrogen-bond donors (Lipinski definition) is 0. The van der Waals surface area contributed by atoms with Gasteiger partial charge in [-0.1, -0.05) is 62.9 Å². The lowest BCUT2D eigenvalue weighted by atomic mass is 10.0. The van der Waals surface area contributed by atoms with Crippen LogP contribution in [0.25, 0.3) is 11.1 Å². The highest BCUT2D eigenvalue weighted by molar-refractivity contribution is 5.64. The zero-order valence-corrected chi connectivity index (χ0v) is 16.1. The fourth-order valence-electron chi connectivity index (χ4n) is 2.91. The number of rotatable bonds is 10. The van der Waals surface area contributed by atoms with Crippen molar-refractivity contribution in [3.63, 3.8) is 0 Å². The molecule has 2 aromatic carbocycles. The molecule has 5 heteroatoms. The maximum atomic E-state index is 14.2. The fourth-order valence-corrected chi connectivity index (χ4v) is 2.91. The molecule has 0 aliphatic rings. The lowest BCUT2D eigenvalue weighted by molar-refractivity contribution is -0.0801. The number of benzene rings is 2. The number of hydrogen-bond acceptors (Lipinski definition) is 1. The molecule has 0 aromatic heterocycles. The Morgan fingerprint density at radius 3 is 2.21 bits per heavy atom. The van der Waals surface area contributed by atoms with Crippen LogP contribution in [0.2, 0.25) is 0 Å². The Kier molecular flexibility index (Phi) is 8.55. The topological polar surface area (TPSA) is 9.23 Å². The van der Waals surface area contributed by atoms with E-state index in [1.54, 1.807) is 6.07 Å². The molecule has 0 unspecified atom stereocenters. The van der Waals surface area contributed by atoms with Crippen molar-refractivity contribution in [3.8, 4) is 16.9 Å². The first-order chi connectivity index (χ1) is 13.4. The van der Waals surface area contributed by atoms with E-state index < -0.39 is 12.0 Å². The first kappa shape index (κ1) is 22.0. The highest BCUT2D eigenvalue weighted by Gasteiger charge is 2.21. The van der Waals surface area contributed by atoms with Crippen molar-refractivity contribution in [2.75, 3.05) is 6.61 Å². The average Bonchev–Trinajstić information content (AvgIpc) is 2.66. The van der Waals surface area contributed by atoms with Gasteiger partial charge in [0.05, 0.1) is 0 Å². The van der Waals surface area contributed by atoms with E-state index in [0.717, 1.165) is 18.1 Å². The van der Waals surface area contributed by atoms with Gasteiger partial charge in [0.1, 0.15) is 6.61 Å². The maximum Gasteiger partial charge on any atom is 0.409 e. The molecule has 0 saturated heterocycles. The molecule has 0 amide bonds. The summed E-state index contributed by atoms with van der Waals surface area (Å²) in [6.07, 6.45) is 3.72. The second kappa shape index (κ2) is 10.9. The number of alkyl halides is 3. The summed E-state index contributed by atoms with van der Waals surface area (Å²) in [5, 5.41) is 0. The largest absolute Gasteiger partial charge is 0.486 e. The van der Waals surface area contributed by atoms with E-state index in [4.69, 9.17) is 4.74 Å². The second-order valence-electron chi connectivity index (χ2n) is 6.76. The van der Waals surface area contributed by atoms with Gasteiger partial charge in [0.2, 0.25) is 0 Å². The van der Waals surface area contributed by atoms with Gasteiger partial charge in [0.25, 0.3) is 0 Å². The standard InChI is InChI=1S/C23H26F4O/c1-2-3-4-5-6-8-18-9-11-19(12-10-18)20-13-14-22(21(24)17-20)28-16-7-15-23(25,26)27/h7,9-15,17H,2-6,8,16H2,1H3/b15-7+. The molecule has 0 fully saturated rings. The minimum atomic E-state index is -4.40. The summed E-state index contributed by atoms with van der Waals surface area (Å²) >= 11 is 0. The zero-order chi connectivity index (χ0) is 20.4. The Morgan fingerprint density at radius 2 is 1.57 bits per heavy atom. The number of ether oxygens (including phenoxy) is 1. The van der Waals surface area contributed by atoms with E-state index in [1.807, 2.05) is 12.1 Å². The molecule has 0 aliphatic carbocycles. The third-order valence-corrected chi connectivity index (χ3v) is 4.43. The van der Waals surface area contributed by atoms with Gasteiger partial charge in [0, 0.05) is 6.08 Å². The third-order valence-electron chi connectivity index (χ3n) is 4.43. The van der Waals surface area contributed by atoms with Gasteiger partial charge >= 0.3 is 6.18 Å². The van der Waals surface area contributed by atoms with Crippen LogP contribution in [-0.4, -0.2) is 12.8 Å². The van der Waals surface area contributed by atoms with Crippen molar-refractivity contribution in [1.82, 2.24) is 0 Å². The van der Waals surface area contributed by atoms with Crippen LogP contribution in [0.5, 0.6) is 5.75 Å². The Balaban J connectivity index is 1.91. The van der Waals surface area contributed by atoms with E-state index in [9.17, 15) is 17.6 Å². The van der Waals surface area contributed by atoms with Crippen LogP contribution in [-0.2, 0) is 6.42 Å². The predicted molar refractivity (Wildman–Crippen MR) is 105 cm³/mol. The fraction of sp³-hybridized carbons (Fsp3) is 0.391. The first-order valence-electron chi connectivity index (χ1n) is 9.65. The molecular weight excluding hydrogens is 368 g/mol. The van der Waals surface area contributed by atoms with Crippen LogP contribution < -0.4 is 4.74 Å². The van der Waals surface area contributed by atoms with Gasteiger partial charge in [-0.05, 0) is 47.7 Å². The van der Waals surface area contributed by atoms with Crippen molar-refractivity contribution in [1.29, 1.82) is 0 Å².